The lowest BCUT2D eigenvalue weighted by Gasteiger charge is -2.32. The number of aromatic amines is 1. The van der Waals surface area contributed by atoms with Gasteiger partial charge in [-0.05, 0) is 36.5 Å². The molecule has 0 amide bonds. The molecule has 8 nitrogen and oxygen atoms in total. The zero-order valence-corrected chi connectivity index (χ0v) is 17.1. The van der Waals surface area contributed by atoms with Gasteiger partial charge in [0.25, 0.3) is 5.82 Å². The quantitative estimate of drug-likeness (QED) is 0.595. The molecule has 1 fully saturated rings. The van der Waals surface area contributed by atoms with Crippen LogP contribution in [0.25, 0.3) is 0 Å². The van der Waals surface area contributed by atoms with Crippen LogP contribution >= 0.6 is 12.2 Å². The summed E-state index contributed by atoms with van der Waals surface area (Å²) in [5, 5.41) is 3.65. The van der Waals surface area contributed by atoms with Gasteiger partial charge in [0.05, 0.1) is 44.6 Å². The molecule has 1 aliphatic rings. The zero-order valence-electron chi connectivity index (χ0n) is 16.3. The van der Waals surface area contributed by atoms with Crippen LogP contribution in [0.2, 0.25) is 0 Å². The second kappa shape index (κ2) is 9.33. The van der Waals surface area contributed by atoms with Crippen LogP contribution in [0, 0.1) is 0 Å². The van der Waals surface area contributed by atoms with Gasteiger partial charge >= 0.3 is 11.9 Å². The van der Waals surface area contributed by atoms with Gasteiger partial charge in [-0.15, -0.1) is 0 Å². The third kappa shape index (κ3) is 5.00. The molecular formula is C20H23N4O4S+. The Hall–Kier alpha value is -3.20. The molecule has 1 aliphatic heterocycles. The summed E-state index contributed by atoms with van der Waals surface area (Å²) >= 11 is 5.54. The van der Waals surface area contributed by atoms with Gasteiger partial charge in [-0.2, -0.15) is 0 Å². The fraction of sp³-hybridized carbons (Fsp3) is 0.300. The van der Waals surface area contributed by atoms with Gasteiger partial charge < -0.3 is 19.7 Å². The van der Waals surface area contributed by atoms with E-state index in [-0.39, 0.29) is 11.1 Å². The van der Waals surface area contributed by atoms with Crippen molar-refractivity contribution in [2.45, 2.75) is 0 Å². The number of piperazine rings is 1. The number of thiocarbonyl (C=S) groups is 1. The van der Waals surface area contributed by atoms with E-state index in [2.05, 4.69) is 20.1 Å². The summed E-state index contributed by atoms with van der Waals surface area (Å²) in [6, 6.07) is 10.6. The third-order valence-corrected chi connectivity index (χ3v) is 4.99. The lowest BCUT2D eigenvalue weighted by Crippen LogP contribution is -2.51. The van der Waals surface area contributed by atoms with E-state index < -0.39 is 11.9 Å². The Bertz CT molecular complexity index is 864. The van der Waals surface area contributed by atoms with Gasteiger partial charge in [0.2, 0.25) is 0 Å². The first kappa shape index (κ1) is 20.5. The first-order chi connectivity index (χ1) is 14.0. The van der Waals surface area contributed by atoms with Crippen molar-refractivity contribution in [3.8, 4) is 0 Å². The molecule has 0 spiro atoms. The molecule has 1 saturated heterocycles. The molecule has 0 radical (unpaired) electrons. The number of nitrogens with zero attached hydrogens (tertiary/aromatic N) is 2. The number of pyridine rings is 1. The maximum absolute atomic E-state index is 11.9. The molecule has 2 heterocycles. The third-order valence-electron chi connectivity index (χ3n) is 4.63. The molecule has 0 bridgehead atoms. The van der Waals surface area contributed by atoms with Crippen LogP contribution in [-0.4, -0.2) is 62.3 Å². The minimum Gasteiger partial charge on any atom is -0.465 e. The Balaban J connectivity index is 1.68. The van der Waals surface area contributed by atoms with Gasteiger partial charge in [0, 0.05) is 11.8 Å². The lowest BCUT2D eigenvalue weighted by molar-refractivity contribution is -0.364. The number of benzene rings is 1. The first-order valence-corrected chi connectivity index (χ1v) is 9.52. The molecule has 0 atom stereocenters. The Morgan fingerprint density at radius 3 is 2.14 bits per heavy atom. The molecule has 2 aromatic rings. The molecule has 1 aromatic carbocycles. The summed E-state index contributed by atoms with van der Waals surface area (Å²) in [5.41, 5.74) is 1.01. The van der Waals surface area contributed by atoms with Gasteiger partial charge in [0.15, 0.2) is 5.11 Å². The van der Waals surface area contributed by atoms with E-state index in [0.717, 1.165) is 32.0 Å². The maximum Gasteiger partial charge on any atom is 0.337 e. The standard InChI is InChI=1S/C20H22N4O4S/c1-27-18(25)14-11-15(19(26)28-2)13-16(12-14)22-20(29)24-9-7-23(8-10-24)17-5-3-4-6-21-17/h3-6,11-13H,7-10H2,1-2H3,(H,22,29)/p+1. The summed E-state index contributed by atoms with van der Waals surface area (Å²) in [6.07, 6.45) is 1.90. The minimum atomic E-state index is -0.544. The number of methoxy groups -OCH3 is 2. The monoisotopic (exact) mass is 415 g/mol. The van der Waals surface area contributed by atoms with Crippen molar-refractivity contribution in [3.05, 3.63) is 53.7 Å². The predicted molar refractivity (Wildman–Crippen MR) is 112 cm³/mol. The number of carbonyl (C=O) groups excluding carboxylic acids is 2. The highest BCUT2D eigenvalue weighted by molar-refractivity contribution is 7.80. The number of anilines is 2. The highest BCUT2D eigenvalue weighted by Crippen LogP contribution is 2.18. The zero-order chi connectivity index (χ0) is 20.8. The molecule has 152 valence electrons. The smallest absolute Gasteiger partial charge is 0.337 e. The summed E-state index contributed by atoms with van der Waals surface area (Å²) in [5.74, 6) is -0.0191. The van der Waals surface area contributed by atoms with E-state index >= 15 is 0 Å². The first-order valence-electron chi connectivity index (χ1n) is 9.11. The van der Waals surface area contributed by atoms with Crippen molar-refractivity contribution >= 4 is 40.8 Å². The normalized spacial score (nSPS) is 13.6. The second-order valence-electron chi connectivity index (χ2n) is 6.43. The number of aromatic nitrogens is 1. The summed E-state index contributed by atoms with van der Waals surface area (Å²) in [7, 11) is 2.57. The molecule has 0 unspecified atom stereocenters. The average molecular weight is 415 g/mol. The number of nitrogens with one attached hydrogen (secondary N) is 2. The van der Waals surface area contributed by atoms with Crippen LogP contribution < -0.4 is 15.2 Å². The van der Waals surface area contributed by atoms with Gasteiger partial charge in [0.1, 0.15) is 13.1 Å². The van der Waals surface area contributed by atoms with Crippen molar-refractivity contribution in [1.29, 1.82) is 0 Å². The molecule has 3 rings (SSSR count). The number of H-pyrrole nitrogens is 1. The number of hydrogen-bond acceptors (Lipinski definition) is 6. The molecule has 1 aromatic heterocycles. The molecule has 2 N–H and O–H groups in total. The molecule has 9 heteroatoms. The van der Waals surface area contributed by atoms with Crippen LogP contribution in [0.1, 0.15) is 20.7 Å². The highest BCUT2D eigenvalue weighted by Gasteiger charge is 2.25. The second-order valence-corrected chi connectivity index (χ2v) is 6.82. The SMILES string of the molecule is COC(=O)c1cc(NC(=S)N2CCN(c3cccc[nH+]3)CC2)cc(C(=O)OC)c1. The van der Waals surface area contributed by atoms with Crippen LogP contribution in [0.15, 0.2) is 42.6 Å². The van der Waals surface area contributed by atoms with E-state index in [1.165, 1.54) is 20.3 Å². The largest absolute Gasteiger partial charge is 0.465 e. The van der Waals surface area contributed by atoms with Crippen molar-refractivity contribution in [2.75, 3.05) is 50.6 Å². The van der Waals surface area contributed by atoms with Crippen molar-refractivity contribution in [1.82, 2.24) is 4.90 Å². The molecular weight excluding hydrogens is 392 g/mol. The molecule has 29 heavy (non-hydrogen) atoms. The van der Waals surface area contributed by atoms with Gasteiger partial charge in [-0.1, -0.05) is 6.07 Å². The van der Waals surface area contributed by atoms with Crippen LogP contribution in [0.5, 0.6) is 0 Å². The van der Waals surface area contributed by atoms with Crippen molar-refractivity contribution in [2.24, 2.45) is 0 Å². The van der Waals surface area contributed by atoms with Crippen LogP contribution in [0.3, 0.4) is 0 Å². The number of ether oxygens (including phenoxy) is 2. The van der Waals surface area contributed by atoms with Crippen molar-refractivity contribution in [3.63, 3.8) is 0 Å². The average Bonchev–Trinajstić information content (AvgIpc) is 2.78. The highest BCUT2D eigenvalue weighted by atomic mass is 32.1. The topological polar surface area (TPSA) is 85.3 Å². The summed E-state index contributed by atoms with van der Waals surface area (Å²) in [6.45, 7) is 3.13. The number of carbonyl (C=O) groups is 2. The minimum absolute atomic E-state index is 0.241. The van der Waals surface area contributed by atoms with E-state index in [4.69, 9.17) is 21.7 Å². The molecule has 0 aliphatic carbocycles. The van der Waals surface area contributed by atoms with Gasteiger partial charge in [-0.25, -0.2) is 14.6 Å². The maximum atomic E-state index is 11.9. The fourth-order valence-electron chi connectivity index (χ4n) is 3.10. The van der Waals surface area contributed by atoms with E-state index in [1.54, 1.807) is 12.1 Å². The van der Waals surface area contributed by atoms with Gasteiger partial charge in [-0.3, -0.25) is 4.90 Å². The van der Waals surface area contributed by atoms with Crippen LogP contribution in [-0.2, 0) is 9.47 Å². The summed E-state index contributed by atoms with van der Waals surface area (Å²) in [4.78, 5) is 31.4. The Kier molecular flexibility index (Phi) is 6.61. The summed E-state index contributed by atoms with van der Waals surface area (Å²) < 4.78 is 9.53. The molecule has 0 saturated carbocycles. The van der Waals surface area contributed by atoms with E-state index in [0.29, 0.717) is 10.8 Å². The number of hydrogen-bond donors (Lipinski definition) is 1. The van der Waals surface area contributed by atoms with E-state index in [9.17, 15) is 9.59 Å². The Morgan fingerprint density at radius 2 is 1.62 bits per heavy atom. The predicted octanol–water partition coefficient (Wildman–Crippen LogP) is 1.59. The van der Waals surface area contributed by atoms with E-state index in [1.807, 2.05) is 24.4 Å². The fourth-order valence-corrected chi connectivity index (χ4v) is 3.41. The number of esters is 2. The Morgan fingerprint density at radius 1 is 1.00 bits per heavy atom. The number of rotatable bonds is 4. The Labute approximate surface area is 174 Å². The lowest BCUT2D eigenvalue weighted by atomic mass is 10.1. The van der Waals surface area contributed by atoms with Crippen LogP contribution in [0.4, 0.5) is 11.5 Å². The van der Waals surface area contributed by atoms with Crippen molar-refractivity contribution < 1.29 is 24.0 Å².